The number of fused-ring (bicyclic) bond motifs is 1. The number of aromatic nitrogens is 2. The highest BCUT2D eigenvalue weighted by atomic mass is 19.1. The minimum Gasteiger partial charge on any atom is -0.348 e. The summed E-state index contributed by atoms with van der Waals surface area (Å²) < 4.78 is 13.7. The Morgan fingerprint density at radius 2 is 2.12 bits per heavy atom. The van der Waals surface area contributed by atoms with Crippen molar-refractivity contribution in [1.82, 2.24) is 15.5 Å². The summed E-state index contributed by atoms with van der Waals surface area (Å²) in [5, 5.41) is 9.24. The smallest absolute Gasteiger partial charge is 0.276 e. The lowest BCUT2D eigenvalue weighted by Gasteiger charge is -2.25. The van der Waals surface area contributed by atoms with Gasteiger partial charge in [-0.25, -0.2) is 4.39 Å². The van der Waals surface area contributed by atoms with Gasteiger partial charge in [0, 0.05) is 6.04 Å². The number of hydrogen-bond acceptors (Lipinski definition) is 3. The van der Waals surface area contributed by atoms with Crippen LogP contribution in [0, 0.1) is 11.7 Å². The Morgan fingerprint density at radius 1 is 1.38 bits per heavy atom. The van der Waals surface area contributed by atoms with Crippen LogP contribution in [0.25, 0.3) is 10.9 Å². The van der Waals surface area contributed by atoms with Crippen molar-refractivity contribution < 1.29 is 9.18 Å². The zero-order valence-corrected chi connectivity index (χ0v) is 13.8. The van der Waals surface area contributed by atoms with Gasteiger partial charge in [0.2, 0.25) is 5.43 Å². The zero-order valence-electron chi connectivity index (χ0n) is 13.8. The molecule has 1 aromatic carbocycles. The number of nitrogens with zero attached hydrogens (tertiary/aromatic N) is 1. The van der Waals surface area contributed by atoms with E-state index < -0.39 is 17.2 Å². The molecule has 0 saturated heterocycles. The fourth-order valence-corrected chi connectivity index (χ4v) is 3.54. The number of halogens is 1. The molecule has 1 amide bonds. The minimum atomic E-state index is -0.560. The summed E-state index contributed by atoms with van der Waals surface area (Å²) in [5.74, 6) is -0.438. The summed E-state index contributed by atoms with van der Waals surface area (Å²) in [4.78, 5) is 24.7. The Kier molecular flexibility index (Phi) is 4.92. The highest BCUT2D eigenvalue weighted by Gasteiger charge is 2.21. The average Bonchev–Trinajstić information content (AvgIpc) is 2.56. The maximum absolute atomic E-state index is 13.7. The molecule has 1 atom stereocenters. The van der Waals surface area contributed by atoms with Gasteiger partial charge < -0.3 is 5.32 Å². The number of aromatic amines is 1. The number of carbonyl (C=O) groups excluding carboxylic acids is 1. The Hall–Kier alpha value is -2.24. The number of H-pyrrole nitrogens is 1. The van der Waals surface area contributed by atoms with Gasteiger partial charge in [-0.2, -0.15) is 5.10 Å². The highest BCUT2D eigenvalue weighted by molar-refractivity contribution is 5.95. The molecule has 3 rings (SSSR count). The normalized spacial score (nSPS) is 16.9. The fraction of sp³-hybridized carbons (Fsp3) is 0.500. The molecule has 5 nitrogen and oxygen atoms in total. The lowest BCUT2D eigenvalue weighted by Crippen LogP contribution is -2.37. The van der Waals surface area contributed by atoms with E-state index in [-0.39, 0.29) is 22.6 Å². The van der Waals surface area contributed by atoms with Crippen LogP contribution in [0.4, 0.5) is 4.39 Å². The molecule has 1 aromatic heterocycles. The second-order valence-corrected chi connectivity index (χ2v) is 6.68. The summed E-state index contributed by atoms with van der Waals surface area (Å²) in [6.45, 7) is 1.95. The van der Waals surface area contributed by atoms with Crippen LogP contribution in [0.15, 0.2) is 23.0 Å². The van der Waals surface area contributed by atoms with E-state index >= 15 is 0 Å². The first-order chi connectivity index (χ1) is 11.6. The number of hydrogen-bond donors (Lipinski definition) is 2. The number of benzene rings is 1. The largest absolute Gasteiger partial charge is 0.348 e. The number of amides is 1. The quantitative estimate of drug-likeness (QED) is 0.904. The van der Waals surface area contributed by atoms with Crippen LogP contribution in [-0.4, -0.2) is 22.1 Å². The van der Waals surface area contributed by atoms with Crippen LogP contribution in [0.2, 0.25) is 0 Å². The third kappa shape index (κ3) is 3.47. The van der Waals surface area contributed by atoms with Crippen molar-refractivity contribution >= 4 is 16.8 Å². The van der Waals surface area contributed by atoms with Crippen molar-refractivity contribution in [3.8, 4) is 0 Å². The van der Waals surface area contributed by atoms with Crippen LogP contribution in [0.3, 0.4) is 0 Å². The first-order valence-corrected chi connectivity index (χ1v) is 8.54. The van der Waals surface area contributed by atoms with Gasteiger partial charge in [-0.1, -0.05) is 38.2 Å². The Labute approximate surface area is 139 Å². The molecule has 24 heavy (non-hydrogen) atoms. The summed E-state index contributed by atoms with van der Waals surface area (Å²) in [6, 6.07) is 4.15. The zero-order chi connectivity index (χ0) is 17.1. The number of nitrogens with one attached hydrogen (secondary N) is 2. The summed E-state index contributed by atoms with van der Waals surface area (Å²) >= 11 is 0. The van der Waals surface area contributed by atoms with Crippen molar-refractivity contribution in [2.75, 3.05) is 0 Å². The average molecular weight is 331 g/mol. The third-order valence-electron chi connectivity index (χ3n) is 4.76. The van der Waals surface area contributed by atoms with Gasteiger partial charge in [0.1, 0.15) is 11.3 Å². The summed E-state index contributed by atoms with van der Waals surface area (Å²) in [7, 11) is 0. The molecule has 1 unspecified atom stereocenters. The van der Waals surface area contributed by atoms with Crippen LogP contribution in [-0.2, 0) is 0 Å². The van der Waals surface area contributed by atoms with E-state index in [4.69, 9.17) is 0 Å². The van der Waals surface area contributed by atoms with E-state index in [1.54, 1.807) is 0 Å². The number of rotatable bonds is 4. The van der Waals surface area contributed by atoms with Gasteiger partial charge in [0.25, 0.3) is 5.91 Å². The van der Waals surface area contributed by atoms with Gasteiger partial charge >= 0.3 is 0 Å². The molecule has 2 aromatic rings. The van der Waals surface area contributed by atoms with E-state index in [9.17, 15) is 14.0 Å². The predicted molar refractivity (Wildman–Crippen MR) is 90.4 cm³/mol. The Bertz CT molecular complexity index is 796. The van der Waals surface area contributed by atoms with Gasteiger partial charge in [-0.15, -0.1) is 0 Å². The van der Waals surface area contributed by atoms with Gasteiger partial charge in [-0.3, -0.25) is 14.7 Å². The highest BCUT2D eigenvalue weighted by Crippen LogP contribution is 2.27. The molecule has 1 saturated carbocycles. The van der Waals surface area contributed by atoms with E-state index in [0.717, 1.165) is 6.42 Å². The molecule has 0 spiro atoms. The van der Waals surface area contributed by atoms with E-state index in [1.807, 2.05) is 6.92 Å². The van der Waals surface area contributed by atoms with Crippen LogP contribution in [0.5, 0.6) is 0 Å². The molecule has 1 heterocycles. The number of carbonyl (C=O) groups is 1. The van der Waals surface area contributed by atoms with E-state index in [0.29, 0.717) is 5.92 Å². The predicted octanol–water partition coefficient (Wildman–Crippen LogP) is 3.15. The van der Waals surface area contributed by atoms with Gasteiger partial charge in [0.05, 0.1) is 5.39 Å². The van der Waals surface area contributed by atoms with Gasteiger partial charge in [-0.05, 0) is 31.4 Å². The Morgan fingerprint density at radius 3 is 2.88 bits per heavy atom. The van der Waals surface area contributed by atoms with E-state index in [2.05, 4.69) is 15.5 Å². The summed E-state index contributed by atoms with van der Waals surface area (Å²) in [6.07, 6.45) is 7.12. The molecule has 0 bridgehead atoms. The molecule has 0 aliphatic heterocycles. The van der Waals surface area contributed by atoms with Crippen molar-refractivity contribution in [2.24, 2.45) is 5.92 Å². The fourth-order valence-electron chi connectivity index (χ4n) is 3.54. The Balaban J connectivity index is 1.74. The lowest BCUT2D eigenvalue weighted by molar-refractivity contribution is 0.0926. The molecule has 1 aliphatic carbocycles. The molecule has 2 N–H and O–H groups in total. The molecule has 0 radical (unpaired) electrons. The minimum absolute atomic E-state index is 0.0225. The lowest BCUT2D eigenvalue weighted by atomic mass is 9.85. The molecular weight excluding hydrogens is 309 g/mol. The van der Waals surface area contributed by atoms with Crippen LogP contribution in [0.1, 0.15) is 55.9 Å². The molecule has 6 heteroatoms. The first kappa shape index (κ1) is 16.6. The van der Waals surface area contributed by atoms with Crippen LogP contribution >= 0.6 is 0 Å². The van der Waals surface area contributed by atoms with Crippen LogP contribution < -0.4 is 10.7 Å². The van der Waals surface area contributed by atoms with E-state index in [1.165, 1.54) is 50.3 Å². The first-order valence-electron chi connectivity index (χ1n) is 8.54. The summed E-state index contributed by atoms with van der Waals surface area (Å²) in [5.41, 5.74) is -0.747. The SMILES string of the molecule is CC(CC1CCCCC1)NC(=O)c1n[nH]c2c(F)cccc2c1=O. The number of para-hydroxylation sites is 1. The topological polar surface area (TPSA) is 74.8 Å². The third-order valence-corrected chi connectivity index (χ3v) is 4.76. The molecule has 1 aliphatic rings. The van der Waals surface area contributed by atoms with Crippen molar-refractivity contribution in [3.05, 3.63) is 39.9 Å². The maximum Gasteiger partial charge on any atom is 0.276 e. The van der Waals surface area contributed by atoms with Gasteiger partial charge in [0.15, 0.2) is 5.69 Å². The molecule has 1 fully saturated rings. The molecule has 128 valence electrons. The second-order valence-electron chi connectivity index (χ2n) is 6.68. The molecular formula is C18H22FN3O2. The van der Waals surface area contributed by atoms with Crippen molar-refractivity contribution in [1.29, 1.82) is 0 Å². The standard InChI is InChI=1S/C18H22FN3O2/c1-11(10-12-6-3-2-4-7-12)20-18(24)16-17(23)13-8-5-9-14(19)15(13)21-22-16/h5,8-9,11-12H,2-4,6-7,10H2,1H3,(H,20,24)(H,21,23). The van der Waals surface area contributed by atoms with Crippen molar-refractivity contribution in [2.45, 2.75) is 51.5 Å². The second kappa shape index (κ2) is 7.11. The maximum atomic E-state index is 13.7. The van der Waals surface area contributed by atoms with Crippen molar-refractivity contribution in [3.63, 3.8) is 0 Å². The monoisotopic (exact) mass is 331 g/mol.